The molecule has 2 aromatic heterocycles. The number of nitrogens with zero attached hydrogens (tertiary/aromatic N) is 2. The maximum absolute atomic E-state index is 11.8. The molecule has 0 bridgehead atoms. The lowest BCUT2D eigenvalue weighted by molar-refractivity contribution is -0.0965. The summed E-state index contributed by atoms with van der Waals surface area (Å²) in [5.74, 6) is 0.352. The zero-order chi connectivity index (χ0) is 17.9. The van der Waals surface area contributed by atoms with Crippen molar-refractivity contribution < 1.29 is 20.1 Å². The molecular weight excluding hydrogens is 328 g/mol. The third-order valence-electron chi connectivity index (χ3n) is 4.77. The van der Waals surface area contributed by atoms with Gasteiger partial charge in [-0.05, 0) is 13.0 Å². The molecule has 9 nitrogen and oxygen atoms in total. The summed E-state index contributed by atoms with van der Waals surface area (Å²) in [6, 6.07) is 1.23. The van der Waals surface area contributed by atoms with Crippen LogP contribution in [-0.4, -0.2) is 49.3 Å². The highest BCUT2D eigenvalue weighted by Crippen LogP contribution is 2.42. The second-order valence-corrected chi connectivity index (χ2v) is 6.47. The molecule has 4 atom stereocenters. The Labute approximate surface area is 142 Å². The number of hydrogen-bond donors (Lipinski definition) is 5. The van der Waals surface area contributed by atoms with Gasteiger partial charge in [-0.1, -0.05) is 0 Å². The summed E-state index contributed by atoms with van der Waals surface area (Å²) in [5, 5.41) is 34.4. The minimum atomic E-state index is -1.63. The van der Waals surface area contributed by atoms with E-state index in [9.17, 15) is 20.1 Å². The van der Waals surface area contributed by atoms with Crippen molar-refractivity contribution >= 4 is 28.4 Å². The van der Waals surface area contributed by atoms with Crippen LogP contribution < -0.4 is 16.6 Å². The highest BCUT2D eigenvalue weighted by atomic mass is 16.6. The minimum absolute atomic E-state index is 0.243. The van der Waals surface area contributed by atoms with Crippen LogP contribution in [0.25, 0.3) is 16.8 Å². The standard InChI is InChI=1S/C16H18N4O5/c1-16(24)13(23)10(6-21)25-15(16)20-5-7-8(17)4-11(22)19-14-12(7)9(20)2-3-18-14/h2-5,10,13,15,21,23-24H,6,17H2,1H3,(H,18,19,22)/t10-,13-,15-,16+/m1/s1. The van der Waals surface area contributed by atoms with E-state index in [-0.39, 0.29) is 5.69 Å². The van der Waals surface area contributed by atoms with Crippen LogP contribution in [0.3, 0.4) is 0 Å². The Morgan fingerprint density at radius 2 is 2.28 bits per heavy atom. The molecule has 4 rings (SSSR count). The van der Waals surface area contributed by atoms with Crippen molar-refractivity contribution in [2.45, 2.75) is 31.0 Å². The topological polar surface area (TPSA) is 143 Å². The molecule has 2 aliphatic rings. The van der Waals surface area contributed by atoms with E-state index in [1.807, 2.05) is 0 Å². The molecule has 1 fully saturated rings. The Bertz CT molecular complexity index is 952. The Kier molecular flexibility index (Phi) is 3.38. The fraction of sp³-hybridized carbons (Fsp3) is 0.375. The Morgan fingerprint density at radius 1 is 1.52 bits per heavy atom. The second-order valence-electron chi connectivity index (χ2n) is 6.47. The quantitative estimate of drug-likeness (QED) is 0.484. The van der Waals surface area contributed by atoms with Crippen molar-refractivity contribution in [2.75, 3.05) is 17.7 Å². The molecule has 0 aliphatic carbocycles. The summed E-state index contributed by atoms with van der Waals surface area (Å²) in [6.07, 6.45) is 1.87. The zero-order valence-corrected chi connectivity index (χ0v) is 13.4. The second kappa shape index (κ2) is 5.27. The largest absolute Gasteiger partial charge is 0.398 e. The summed E-state index contributed by atoms with van der Waals surface area (Å²) in [7, 11) is 0. The molecule has 4 heterocycles. The summed E-state index contributed by atoms with van der Waals surface area (Å²) < 4.78 is 7.31. The van der Waals surface area contributed by atoms with Gasteiger partial charge in [0.25, 0.3) is 5.56 Å². The third kappa shape index (κ3) is 2.17. The molecule has 0 spiro atoms. The number of nitrogen functional groups attached to an aromatic ring is 1. The van der Waals surface area contributed by atoms with Crippen LogP contribution in [0, 0.1) is 0 Å². The van der Waals surface area contributed by atoms with Crippen LogP contribution in [-0.2, 0) is 4.74 Å². The first-order valence-corrected chi connectivity index (χ1v) is 7.80. The molecule has 0 unspecified atom stereocenters. The van der Waals surface area contributed by atoms with E-state index in [4.69, 9.17) is 10.5 Å². The number of nitrogens with two attached hydrogens (primary N) is 1. The number of rotatable bonds is 2. The van der Waals surface area contributed by atoms with Gasteiger partial charge in [-0.2, -0.15) is 4.98 Å². The molecular formula is C16H18N4O5. The minimum Gasteiger partial charge on any atom is -0.398 e. The Balaban J connectivity index is 1.98. The van der Waals surface area contributed by atoms with Gasteiger partial charge < -0.3 is 35.7 Å². The van der Waals surface area contributed by atoms with Gasteiger partial charge in [0, 0.05) is 29.5 Å². The van der Waals surface area contributed by atoms with E-state index in [1.54, 1.807) is 23.0 Å². The van der Waals surface area contributed by atoms with E-state index in [0.29, 0.717) is 22.3 Å². The number of aromatic nitrogens is 2. The molecule has 0 aromatic carbocycles. The van der Waals surface area contributed by atoms with E-state index >= 15 is 0 Å². The third-order valence-corrected chi connectivity index (χ3v) is 4.77. The van der Waals surface area contributed by atoms with Gasteiger partial charge in [0.15, 0.2) is 6.23 Å². The van der Waals surface area contributed by atoms with Crippen LogP contribution in [0.4, 0.5) is 11.5 Å². The summed E-state index contributed by atoms with van der Waals surface area (Å²) in [5.41, 5.74) is 4.78. The first kappa shape index (κ1) is 16.0. The zero-order valence-electron chi connectivity index (χ0n) is 13.4. The fourth-order valence-electron chi connectivity index (χ4n) is 3.47. The lowest BCUT2D eigenvalue weighted by Crippen LogP contribution is -2.44. The van der Waals surface area contributed by atoms with Gasteiger partial charge in [0.1, 0.15) is 23.6 Å². The van der Waals surface area contributed by atoms with Gasteiger partial charge >= 0.3 is 0 Å². The van der Waals surface area contributed by atoms with Gasteiger partial charge in [-0.25, -0.2) is 0 Å². The number of anilines is 2. The molecule has 25 heavy (non-hydrogen) atoms. The van der Waals surface area contributed by atoms with Crippen LogP contribution in [0.1, 0.15) is 18.8 Å². The van der Waals surface area contributed by atoms with Crippen molar-refractivity contribution in [3.05, 3.63) is 34.5 Å². The summed E-state index contributed by atoms with van der Waals surface area (Å²) in [6.45, 7) is 1.02. The van der Waals surface area contributed by atoms with Gasteiger partial charge in [-0.3, -0.25) is 4.79 Å². The maximum Gasteiger partial charge on any atom is 0.273 e. The fourth-order valence-corrected chi connectivity index (χ4v) is 3.47. The van der Waals surface area contributed by atoms with Crippen LogP contribution >= 0.6 is 0 Å². The van der Waals surface area contributed by atoms with Crippen LogP contribution in [0.5, 0.6) is 0 Å². The van der Waals surface area contributed by atoms with E-state index in [1.165, 1.54) is 13.0 Å². The number of nitrogens with one attached hydrogen (secondary N) is 1. The van der Waals surface area contributed by atoms with Gasteiger partial charge in [-0.15, -0.1) is 0 Å². The molecule has 6 N–H and O–H groups in total. The van der Waals surface area contributed by atoms with Crippen LogP contribution in [0.15, 0.2) is 23.3 Å². The van der Waals surface area contributed by atoms with Crippen molar-refractivity contribution in [1.29, 1.82) is 0 Å². The van der Waals surface area contributed by atoms with Crippen molar-refractivity contribution in [3.8, 4) is 0 Å². The molecule has 0 radical (unpaired) electrons. The molecule has 0 amide bonds. The molecule has 132 valence electrons. The maximum atomic E-state index is 11.8. The average Bonchev–Trinajstić information content (AvgIpc) is 3.00. The Morgan fingerprint density at radius 3 is 2.96 bits per heavy atom. The molecule has 0 saturated carbocycles. The highest BCUT2D eigenvalue weighted by Gasteiger charge is 2.53. The van der Waals surface area contributed by atoms with Crippen molar-refractivity contribution in [2.24, 2.45) is 0 Å². The van der Waals surface area contributed by atoms with E-state index in [0.717, 1.165) is 0 Å². The van der Waals surface area contributed by atoms with Crippen molar-refractivity contribution in [3.63, 3.8) is 0 Å². The molecule has 9 heteroatoms. The average molecular weight is 346 g/mol. The highest BCUT2D eigenvalue weighted by molar-refractivity contribution is 6.05. The predicted octanol–water partition coefficient (Wildman–Crippen LogP) is -0.624. The van der Waals surface area contributed by atoms with Gasteiger partial charge in [0.05, 0.1) is 17.7 Å². The number of aliphatic hydroxyl groups is 3. The number of hydrogen-bond acceptors (Lipinski definition) is 8. The van der Waals surface area contributed by atoms with Crippen LogP contribution in [0.2, 0.25) is 0 Å². The number of aliphatic hydroxyl groups excluding tert-OH is 2. The Hall–Kier alpha value is -2.46. The van der Waals surface area contributed by atoms with Gasteiger partial charge in [0.2, 0.25) is 0 Å². The van der Waals surface area contributed by atoms with E-state index in [2.05, 4.69) is 10.3 Å². The van der Waals surface area contributed by atoms with Crippen molar-refractivity contribution in [1.82, 2.24) is 9.55 Å². The van der Waals surface area contributed by atoms with E-state index < -0.39 is 36.2 Å². The first-order chi connectivity index (χ1) is 11.8. The SMILES string of the molecule is C[C@]1(O)[C@H](O)[C@@H](CO)O[C@H]1n1cc2c(N)cc(=O)nc3c2c1C=CN3. The lowest BCUT2D eigenvalue weighted by atomic mass is 9.96. The predicted molar refractivity (Wildman–Crippen MR) is 90.7 cm³/mol. The monoisotopic (exact) mass is 346 g/mol. The first-order valence-electron chi connectivity index (χ1n) is 7.80. The number of ether oxygens (including phenoxy) is 1. The summed E-state index contributed by atoms with van der Waals surface area (Å²) >= 11 is 0. The molecule has 2 aliphatic heterocycles. The summed E-state index contributed by atoms with van der Waals surface area (Å²) in [4.78, 5) is 15.8. The lowest BCUT2D eigenvalue weighted by Gasteiger charge is -2.28. The molecule has 2 aromatic rings. The normalized spacial score (nSPS) is 30.6. The molecule has 1 saturated heterocycles. The smallest absolute Gasteiger partial charge is 0.273 e.